The molecule has 94 valence electrons. The SMILES string of the molecule is O=S1(=O)CCN(c2c(Cl)cc(F)cc2Br)CC1. The summed E-state index contributed by atoms with van der Waals surface area (Å²) in [6.45, 7) is 0.762. The Morgan fingerprint density at radius 2 is 1.88 bits per heavy atom. The predicted molar refractivity (Wildman–Crippen MR) is 70.0 cm³/mol. The Hall–Kier alpha value is -0.330. The van der Waals surface area contributed by atoms with Gasteiger partial charge in [-0.05, 0) is 28.1 Å². The molecule has 1 aromatic rings. The Labute approximate surface area is 113 Å². The van der Waals surface area contributed by atoms with E-state index in [0.29, 0.717) is 23.2 Å². The van der Waals surface area contributed by atoms with Gasteiger partial charge in [0.25, 0.3) is 0 Å². The molecule has 2 rings (SSSR count). The first-order valence-corrected chi connectivity index (χ1v) is 7.98. The van der Waals surface area contributed by atoms with Gasteiger partial charge in [0.1, 0.15) is 5.82 Å². The first-order chi connectivity index (χ1) is 7.89. The minimum absolute atomic E-state index is 0.104. The van der Waals surface area contributed by atoms with Gasteiger partial charge in [-0.15, -0.1) is 0 Å². The molecule has 1 heterocycles. The highest BCUT2D eigenvalue weighted by atomic mass is 79.9. The lowest BCUT2D eigenvalue weighted by Gasteiger charge is -2.30. The molecule has 1 aliphatic heterocycles. The van der Waals surface area contributed by atoms with Crippen molar-refractivity contribution in [3.8, 4) is 0 Å². The van der Waals surface area contributed by atoms with Crippen LogP contribution in [0.4, 0.5) is 10.1 Å². The zero-order chi connectivity index (χ0) is 12.6. The molecule has 0 N–H and O–H groups in total. The van der Waals surface area contributed by atoms with E-state index in [4.69, 9.17) is 11.6 Å². The van der Waals surface area contributed by atoms with E-state index in [0.717, 1.165) is 0 Å². The van der Waals surface area contributed by atoms with E-state index in [2.05, 4.69) is 15.9 Å². The summed E-state index contributed by atoms with van der Waals surface area (Å²) >= 11 is 9.22. The van der Waals surface area contributed by atoms with E-state index in [1.807, 2.05) is 4.90 Å². The normalized spacial score (nSPS) is 19.4. The van der Waals surface area contributed by atoms with Crippen molar-refractivity contribution in [3.63, 3.8) is 0 Å². The van der Waals surface area contributed by atoms with Crippen molar-refractivity contribution in [1.29, 1.82) is 0 Å². The largest absolute Gasteiger partial charge is 0.367 e. The lowest BCUT2D eigenvalue weighted by molar-refractivity contribution is 0.586. The maximum absolute atomic E-state index is 13.1. The van der Waals surface area contributed by atoms with Crippen LogP contribution in [0.2, 0.25) is 5.02 Å². The van der Waals surface area contributed by atoms with Crippen molar-refractivity contribution in [1.82, 2.24) is 0 Å². The number of anilines is 1. The van der Waals surface area contributed by atoms with Gasteiger partial charge in [0.15, 0.2) is 9.84 Å². The molecule has 1 saturated heterocycles. The van der Waals surface area contributed by atoms with Crippen LogP contribution in [0.3, 0.4) is 0 Å². The Morgan fingerprint density at radius 1 is 1.29 bits per heavy atom. The van der Waals surface area contributed by atoms with Gasteiger partial charge in [0.2, 0.25) is 0 Å². The number of benzene rings is 1. The molecule has 7 heteroatoms. The second-order valence-corrected chi connectivity index (χ2v) is 7.42. The molecule has 3 nitrogen and oxygen atoms in total. The van der Waals surface area contributed by atoms with Crippen molar-refractivity contribution >= 4 is 43.1 Å². The van der Waals surface area contributed by atoms with E-state index in [1.54, 1.807) is 0 Å². The highest BCUT2D eigenvalue weighted by molar-refractivity contribution is 9.10. The third kappa shape index (κ3) is 2.92. The van der Waals surface area contributed by atoms with Crippen LogP contribution in [-0.4, -0.2) is 33.0 Å². The molecule has 0 radical (unpaired) electrons. The van der Waals surface area contributed by atoms with Crippen LogP contribution in [-0.2, 0) is 9.84 Å². The smallest absolute Gasteiger partial charge is 0.153 e. The molecule has 0 unspecified atom stereocenters. The maximum atomic E-state index is 13.1. The standard InChI is InChI=1S/C10H10BrClFNO2S/c11-8-5-7(13)6-9(12)10(8)14-1-3-17(15,16)4-2-14/h5-6H,1-4H2. The topological polar surface area (TPSA) is 37.4 Å². The minimum Gasteiger partial charge on any atom is -0.367 e. The average molecular weight is 343 g/mol. The number of hydrogen-bond acceptors (Lipinski definition) is 3. The third-order valence-corrected chi connectivity index (χ3v) is 5.14. The van der Waals surface area contributed by atoms with Crippen molar-refractivity contribution in [3.05, 3.63) is 27.4 Å². The summed E-state index contributed by atoms with van der Waals surface area (Å²) in [5.41, 5.74) is 0.656. The Balaban J connectivity index is 2.30. The van der Waals surface area contributed by atoms with Gasteiger partial charge in [-0.2, -0.15) is 0 Å². The number of rotatable bonds is 1. The molecule has 17 heavy (non-hydrogen) atoms. The van der Waals surface area contributed by atoms with E-state index < -0.39 is 15.7 Å². The molecule has 0 aliphatic carbocycles. The number of halogens is 3. The summed E-state index contributed by atoms with van der Waals surface area (Å²) in [5.74, 6) is -0.212. The van der Waals surface area contributed by atoms with Gasteiger partial charge in [0, 0.05) is 17.6 Å². The Morgan fingerprint density at radius 3 is 2.41 bits per heavy atom. The molecule has 1 aliphatic rings. The number of hydrogen-bond donors (Lipinski definition) is 0. The van der Waals surface area contributed by atoms with E-state index in [9.17, 15) is 12.8 Å². The summed E-state index contributed by atoms with van der Waals surface area (Å²) in [5, 5.41) is 0.288. The molecule has 1 fully saturated rings. The van der Waals surface area contributed by atoms with Crippen LogP contribution in [0.1, 0.15) is 0 Å². The highest BCUT2D eigenvalue weighted by Crippen LogP contribution is 2.35. The van der Waals surface area contributed by atoms with Gasteiger partial charge in [-0.25, -0.2) is 12.8 Å². The summed E-state index contributed by atoms with van der Waals surface area (Å²) in [7, 11) is -2.93. The van der Waals surface area contributed by atoms with Gasteiger partial charge in [-0.3, -0.25) is 0 Å². The van der Waals surface area contributed by atoms with Crippen molar-refractivity contribution in [2.75, 3.05) is 29.5 Å². The zero-order valence-electron chi connectivity index (χ0n) is 8.79. The molecule has 0 saturated carbocycles. The molecule has 1 aromatic carbocycles. The quantitative estimate of drug-likeness (QED) is 0.787. The average Bonchev–Trinajstić information content (AvgIpc) is 2.19. The Bertz CT molecular complexity index is 512. The molecular weight excluding hydrogens is 333 g/mol. The number of nitrogens with zero attached hydrogens (tertiary/aromatic N) is 1. The first kappa shape index (κ1) is 13.1. The Kier molecular flexibility index (Phi) is 3.66. The highest BCUT2D eigenvalue weighted by Gasteiger charge is 2.24. The van der Waals surface area contributed by atoms with E-state index in [-0.39, 0.29) is 16.5 Å². The van der Waals surface area contributed by atoms with Crippen LogP contribution in [0.15, 0.2) is 16.6 Å². The number of sulfone groups is 1. The van der Waals surface area contributed by atoms with Crippen LogP contribution >= 0.6 is 27.5 Å². The zero-order valence-corrected chi connectivity index (χ0v) is 11.9. The van der Waals surface area contributed by atoms with Crippen molar-refractivity contribution < 1.29 is 12.8 Å². The lowest BCUT2D eigenvalue weighted by Crippen LogP contribution is -2.40. The maximum Gasteiger partial charge on any atom is 0.153 e. The third-order valence-electron chi connectivity index (χ3n) is 2.64. The molecule has 0 spiro atoms. The minimum atomic E-state index is -2.93. The van der Waals surface area contributed by atoms with Gasteiger partial charge in [0.05, 0.1) is 22.2 Å². The van der Waals surface area contributed by atoms with Crippen molar-refractivity contribution in [2.45, 2.75) is 0 Å². The summed E-state index contributed by atoms with van der Waals surface area (Å²) in [6.07, 6.45) is 0. The molecule has 0 bridgehead atoms. The van der Waals surface area contributed by atoms with Gasteiger partial charge >= 0.3 is 0 Å². The summed E-state index contributed by atoms with van der Waals surface area (Å²) in [4.78, 5) is 1.85. The summed E-state index contributed by atoms with van der Waals surface area (Å²) < 4.78 is 36.3. The van der Waals surface area contributed by atoms with E-state index in [1.165, 1.54) is 12.1 Å². The van der Waals surface area contributed by atoms with Gasteiger partial charge < -0.3 is 4.90 Å². The fraction of sp³-hybridized carbons (Fsp3) is 0.400. The fourth-order valence-electron chi connectivity index (χ4n) is 1.77. The monoisotopic (exact) mass is 341 g/mol. The molecule has 0 aromatic heterocycles. The van der Waals surface area contributed by atoms with Crippen LogP contribution < -0.4 is 4.90 Å². The fourth-order valence-corrected chi connectivity index (χ4v) is 4.10. The molecular formula is C10H10BrClFNO2S. The molecule has 0 amide bonds. The van der Waals surface area contributed by atoms with Crippen LogP contribution in [0.25, 0.3) is 0 Å². The second kappa shape index (κ2) is 4.74. The predicted octanol–water partition coefficient (Wildman–Crippen LogP) is 2.48. The lowest BCUT2D eigenvalue weighted by atomic mass is 10.2. The van der Waals surface area contributed by atoms with Crippen LogP contribution in [0, 0.1) is 5.82 Å². The second-order valence-electron chi connectivity index (χ2n) is 3.86. The van der Waals surface area contributed by atoms with E-state index >= 15 is 0 Å². The van der Waals surface area contributed by atoms with Crippen molar-refractivity contribution in [2.24, 2.45) is 0 Å². The molecule has 0 atom stereocenters. The van der Waals surface area contributed by atoms with Gasteiger partial charge in [-0.1, -0.05) is 11.6 Å². The first-order valence-electron chi connectivity index (χ1n) is 4.99. The van der Waals surface area contributed by atoms with Crippen LogP contribution in [0.5, 0.6) is 0 Å². The summed E-state index contributed by atoms with van der Waals surface area (Å²) in [6, 6.07) is 2.55.